The molecule has 2 aromatic carbocycles. The average Bonchev–Trinajstić information content (AvgIpc) is 3.12. The van der Waals surface area contributed by atoms with Crippen molar-refractivity contribution >= 4 is 16.1 Å². The second kappa shape index (κ2) is 9.04. The zero-order valence-corrected chi connectivity index (χ0v) is 17.1. The van der Waals surface area contributed by atoms with Crippen LogP contribution in [-0.4, -0.2) is 23.3 Å². The number of aromatic nitrogens is 1. The van der Waals surface area contributed by atoms with Gasteiger partial charge in [-0.1, -0.05) is 60.7 Å². The third kappa shape index (κ3) is 5.21. The Labute approximate surface area is 167 Å². The van der Waals surface area contributed by atoms with Gasteiger partial charge in [0.15, 0.2) is 0 Å². The van der Waals surface area contributed by atoms with Gasteiger partial charge in [0.1, 0.15) is 0 Å². The van der Waals surface area contributed by atoms with E-state index in [-0.39, 0.29) is 6.04 Å². The first-order valence-corrected chi connectivity index (χ1v) is 10.9. The van der Waals surface area contributed by atoms with Gasteiger partial charge < -0.3 is 4.57 Å². The second-order valence-electron chi connectivity index (χ2n) is 7.01. The maximum absolute atomic E-state index is 13.0. The number of hydrogen-bond donors (Lipinski definition) is 0. The van der Waals surface area contributed by atoms with Gasteiger partial charge in [-0.25, -0.2) is 8.42 Å². The van der Waals surface area contributed by atoms with Crippen molar-refractivity contribution in [3.63, 3.8) is 0 Å². The molecule has 1 heterocycles. The van der Waals surface area contributed by atoms with Crippen LogP contribution in [-0.2, 0) is 23.1 Å². The fraction of sp³-hybridized carbons (Fsp3) is 0.217. The molecule has 0 fully saturated rings. The molecule has 0 radical (unpaired) electrons. The van der Waals surface area contributed by atoms with Crippen molar-refractivity contribution in [3.05, 3.63) is 101 Å². The molecule has 0 saturated heterocycles. The summed E-state index contributed by atoms with van der Waals surface area (Å²) >= 11 is 0. The van der Waals surface area contributed by atoms with E-state index in [1.54, 1.807) is 6.08 Å². The molecule has 0 bridgehead atoms. The molecule has 0 saturated carbocycles. The van der Waals surface area contributed by atoms with Crippen LogP contribution in [0, 0.1) is 0 Å². The molecule has 0 unspecified atom stereocenters. The van der Waals surface area contributed by atoms with Gasteiger partial charge in [-0.2, -0.15) is 4.31 Å². The monoisotopic (exact) mass is 394 g/mol. The maximum atomic E-state index is 13.0. The summed E-state index contributed by atoms with van der Waals surface area (Å²) in [5, 5.41) is 1.30. The lowest BCUT2D eigenvalue weighted by atomic mass is 10.2. The highest BCUT2D eigenvalue weighted by Crippen LogP contribution is 2.17. The normalized spacial score (nSPS) is 12.3. The molecule has 4 nitrogen and oxygen atoms in total. The van der Waals surface area contributed by atoms with Gasteiger partial charge in [0.2, 0.25) is 10.0 Å². The van der Waals surface area contributed by atoms with Crippen molar-refractivity contribution in [2.45, 2.75) is 33.0 Å². The van der Waals surface area contributed by atoms with E-state index < -0.39 is 10.0 Å². The van der Waals surface area contributed by atoms with Gasteiger partial charge in [0.05, 0.1) is 6.54 Å². The van der Waals surface area contributed by atoms with Crippen LogP contribution in [0.3, 0.4) is 0 Å². The first-order valence-electron chi connectivity index (χ1n) is 9.38. The summed E-state index contributed by atoms with van der Waals surface area (Å²) in [5.74, 6) is 0. The average molecular weight is 395 g/mol. The van der Waals surface area contributed by atoms with Crippen LogP contribution >= 0.6 is 0 Å². The van der Waals surface area contributed by atoms with Crippen molar-refractivity contribution in [1.82, 2.24) is 8.87 Å². The highest BCUT2D eigenvalue weighted by Gasteiger charge is 2.23. The van der Waals surface area contributed by atoms with Crippen LogP contribution in [0.4, 0.5) is 0 Å². The number of sulfonamides is 1. The summed E-state index contributed by atoms with van der Waals surface area (Å²) in [4.78, 5) is 0. The fourth-order valence-electron chi connectivity index (χ4n) is 3.06. The first-order chi connectivity index (χ1) is 13.5. The topological polar surface area (TPSA) is 42.3 Å². The molecule has 0 amide bonds. The Balaban J connectivity index is 1.80. The van der Waals surface area contributed by atoms with Crippen molar-refractivity contribution in [2.24, 2.45) is 0 Å². The highest BCUT2D eigenvalue weighted by molar-refractivity contribution is 7.92. The zero-order valence-electron chi connectivity index (χ0n) is 16.3. The van der Waals surface area contributed by atoms with Crippen molar-refractivity contribution in [2.75, 3.05) is 0 Å². The van der Waals surface area contributed by atoms with Crippen LogP contribution in [0.1, 0.15) is 30.7 Å². The van der Waals surface area contributed by atoms with Gasteiger partial charge in [-0.3, -0.25) is 0 Å². The van der Waals surface area contributed by atoms with Gasteiger partial charge in [-0.05, 0) is 43.2 Å². The van der Waals surface area contributed by atoms with E-state index >= 15 is 0 Å². The Hall–Kier alpha value is -2.63. The number of nitrogens with zero attached hydrogens (tertiary/aromatic N) is 2. The van der Waals surface area contributed by atoms with Gasteiger partial charge in [0, 0.05) is 29.9 Å². The molecule has 1 aromatic heterocycles. The first kappa shape index (κ1) is 20.1. The number of hydrogen-bond acceptors (Lipinski definition) is 2. The number of rotatable bonds is 8. The van der Waals surface area contributed by atoms with Gasteiger partial charge >= 0.3 is 0 Å². The van der Waals surface area contributed by atoms with E-state index in [0.29, 0.717) is 6.54 Å². The molecule has 28 heavy (non-hydrogen) atoms. The minimum atomic E-state index is -3.55. The standard InChI is InChI=1S/C23H26N2O2S/c1-20(2)25(28(26,27)17-15-21-10-5-3-6-11-21)19-23-14-9-16-24(23)18-22-12-7-4-8-13-22/h3-17,20H,18-19H2,1-2H3. The Morgan fingerprint density at radius 2 is 1.57 bits per heavy atom. The van der Waals surface area contributed by atoms with E-state index in [9.17, 15) is 8.42 Å². The quantitative estimate of drug-likeness (QED) is 0.553. The predicted octanol–water partition coefficient (Wildman–Crippen LogP) is 4.75. The third-order valence-electron chi connectivity index (χ3n) is 4.57. The lowest BCUT2D eigenvalue weighted by Crippen LogP contribution is -2.35. The summed E-state index contributed by atoms with van der Waals surface area (Å²) in [6.07, 6.45) is 3.64. The van der Waals surface area contributed by atoms with Crippen LogP contribution in [0.5, 0.6) is 0 Å². The predicted molar refractivity (Wildman–Crippen MR) is 115 cm³/mol. The zero-order chi connectivity index (χ0) is 20.0. The minimum absolute atomic E-state index is 0.148. The van der Waals surface area contributed by atoms with E-state index in [0.717, 1.165) is 17.8 Å². The summed E-state index contributed by atoms with van der Waals surface area (Å²) < 4.78 is 29.6. The molecule has 0 N–H and O–H groups in total. The van der Waals surface area contributed by atoms with E-state index in [2.05, 4.69) is 16.7 Å². The molecule has 0 aliphatic carbocycles. The Morgan fingerprint density at radius 1 is 0.929 bits per heavy atom. The smallest absolute Gasteiger partial charge is 0.236 e. The lowest BCUT2D eigenvalue weighted by molar-refractivity contribution is 0.345. The van der Waals surface area contributed by atoms with Crippen LogP contribution in [0.15, 0.2) is 84.4 Å². The molecule has 0 aliphatic heterocycles. The molecule has 0 aliphatic rings. The number of benzene rings is 2. The second-order valence-corrected chi connectivity index (χ2v) is 8.78. The highest BCUT2D eigenvalue weighted by atomic mass is 32.2. The lowest BCUT2D eigenvalue weighted by Gasteiger charge is -2.25. The fourth-order valence-corrected chi connectivity index (χ4v) is 4.45. The van der Waals surface area contributed by atoms with E-state index in [4.69, 9.17) is 0 Å². The molecule has 146 valence electrons. The van der Waals surface area contributed by atoms with Crippen molar-refractivity contribution in [3.8, 4) is 0 Å². The largest absolute Gasteiger partial charge is 0.346 e. The molecule has 3 aromatic rings. The molecule has 0 atom stereocenters. The maximum Gasteiger partial charge on any atom is 0.236 e. The van der Waals surface area contributed by atoms with Crippen molar-refractivity contribution in [1.29, 1.82) is 0 Å². The van der Waals surface area contributed by atoms with Crippen LogP contribution in [0.2, 0.25) is 0 Å². The van der Waals surface area contributed by atoms with Crippen LogP contribution in [0.25, 0.3) is 6.08 Å². The summed E-state index contributed by atoms with van der Waals surface area (Å²) in [6, 6.07) is 23.4. The SMILES string of the molecule is CC(C)N(Cc1cccn1Cc1ccccc1)S(=O)(=O)C=Cc1ccccc1. The van der Waals surface area contributed by atoms with E-state index in [1.807, 2.05) is 80.7 Å². The molecule has 5 heteroatoms. The molecular weight excluding hydrogens is 368 g/mol. The van der Waals surface area contributed by atoms with Gasteiger partial charge in [-0.15, -0.1) is 0 Å². The van der Waals surface area contributed by atoms with Crippen LogP contribution < -0.4 is 0 Å². The third-order valence-corrected chi connectivity index (χ3v) is 6.26. The van der Waals surface area contributed by atoms with Crippen molar-refractivity contribution < 1.29 is 8.42 Å². The molecule has 0 spiro atoms. The molecular formula is C23H26N2O2S. The Morgan fingerprint density at radius 3 is 2.21 bits per heavy atom. The Bertz CT molecular complexity index is 1010. The summed E-state index contributed by atoms with van der Waals surface area (Å²) in [5.41, 5.74) is 3.01. The molecule has 3 rings (SSSR count). The van der Waals surface area contributed by atoms with Gasteiger partial charge in [0.25, 0.3) is 0 Å². The summed E-state index contributed by atoms with van der Waals surface area (Å²) in [7, 11) is -3.55. The Kier molecular flexibility index (Phi) is 6.49. The summed E-state index contributed by atoms with van der Waals surface area (Å²) in [6.45, 7) is 4.85. The van der Waals surface area contributed by atoms with E-state index in [1.165, 1.54) is 15.3 Å². The minimum Gasteiger partial charge on any atom is -0.346 e.